The van der Waals surface area contributed by atoms with Crippen molar-refractivity contribution >= 4 is 6.21 Å². The molecule has 1 saturated heterocycles. The van der Waals surface area contributed by atoms with Crippen LogP contribution in [0.3, 0.4) is 0 Å². The lowest BCUT2D eigenvalue weighted by Crippen LogP contribution is -2.39. The highest BCUT2D eigenvalue weighted by Crippen LogP contribution is 2.28. The molecule has 4 nitrogen and oxygen atoms in total. The van der Waals surface area contributed by atoms with Gasteiger partial charge in [0, 0.05) is 17.6 Å². The smallest absolute Gasteiger partial charge is 0.166 e. The van der Waals surface area contributed by atoms with Crippen molar-refractivity contribution in [2.45, 2.75) is 45.2 Å². The number of aromatic hydroxyl groups is 1. The van der Waals surface area contributed by atoms with Crippen LogP contribution in [-0.2, 0) is 0 Å². The lowest BCUT2D eigenvalue weighted by Gasteiger charge is -2.36. The molecule has 1 aliphatic heterocycles. The van der Waals surface area contributed by atoms with Gasteiger partial charge in [-0.3, -0.25) is 5.01 Å². The Bertz CT molecular complexity index is 449. The molecule has 1 aliphatic rings. The Morgan fingerprint density at radius 1 is 1.32 bits per heavy atom. The van der Waals surface area contributed by atoms with Crippen molar-refractivity contribution in [3.63, 3.8) is 0 Å². The fraction of sp³-hybridized carbons (Fsp3) is 0.533. The third kappa shape index (κ3) is 3.00. The molecule has 1 N–H and O–H groups in total. The number of rotatable bonds is 3. The minimum absolute atomic E-state index is 0.145. The number of para-hydroxylation sites is 1. The third-order valence-corrected chi connectivity index (χ3v) is 3.73. The average Bonchev–Trinajstić information content (AvgIpc) is 2.40. The molecule has 0 aromatic heterocycles. The van der Waals surface area contributed by atoms with Gasteiger partial charge in [0.1, 0.15) is 0 Å². The first-order valence-electron chi connectivity index (χ1n) is 6.81. The van der Waals surface area contributed by atoms with Crippen molar-refractivity contribution in [1.29, 1.82) is 0 Å². The molecular weight excluding hydrogens is 240 g/mol. The van der Waals surface area contributed by atoms with E-state index in [1.165, 1.54) is 19.3 Å². The fourth-order valence-corrected chi connectivity index (χ4v) is 2.57. The van der Waals surface area contributed by atoms with E-state index in [2.05, 4.69) is 24.0 Å². The zero-order chi connectivity index (χ0) is 13.8. The minimum Gasteiger partial charge on any atom is -0.504 e. The molecule has 1 aromatic rings. The maximum Gasteiger partial charge on any atom is 0.166 e. The highest BCUT2D eigenvalue weighted by molar-refractivity contribution is 5.84. The first-order chi connectivity index (χ1) is 9.13. The Balaban J connectivity index is 2.18. The number of ether oxygens (including phenoxy) is 1. The summed E-state index contributed by atoms with van der Waals surface area (Å²) >= 11 is 0. The standard InChI is InChI=1S/C15H22N2O2/c1-11-6-4-7-12(2)17(11)16-10-13-8-5-9-14(19-3)15(13)18/h5,8-12,18H,4,6-7H2,1-3H3/b16-10+/t11-,12-/m1/s1. The molecule has 2 rings (SSSR count). The van der Waals surface area contributed by atoms with E-state index in [1.54, 1.807) is 19.4 Å². The number of benzene rings is 1. The molecule has 0 amide bonds. The monoisotopic (exact) mass is 262 g/mol. The van der Waals surface area contributed by atoms with Gasteiger partial charge in [0.15, 0.2) is 11.5 Å². The zero-order valence-corrected chi connectivity index (χ0v) is 11.8. The van der Waals surface area contributed by atoms with Gasteiger partial charge in [-0.1, -0.05) is 6.07 Å². The summed E-state index contributed by atoms with van der Waals surface area (Å²) < 4.78 is 5.09. The van der Waals surface area contributed by atoms with Crippen LogP contribution in [0.5, 0.6) is 11.5 Å². The van der Waals surface area contributed by atoms with Crippen molar-refractivity contribution in [3.05, 3.63) is 23.8 Å². The highest BCUT2D eigenvalue weighted by atomic mass is 16.5. The fourth-order valence-electron chi connectivity index (χ4n) is 2.57. The molecule has 1 aromatic carbocycles. The van der Waals surface area contributed by atoms with Gasteiger partial charge in [0.25, 0.3) is 0 Å². The molecule has 0 aliphatic carbocycles. The number of piperidine rings is 1. The van der Waals surface area contributed by atoms with Gasteiger partial charge >= 0.3 is 0 Å². The number of methoxy groups -OCH3 is 1. The molecule has 1 heterocycles. The first-order valence-corrected chi connectivity index (χ1v) is 6.81. The van der Waals surface area contributed by atoms with Gasteiger partial charge in [-0.05, 0) is 45.2 Å². The van der Waals surface area contributed by atoms with Gasteiger partial charge in [0.2, 0.25) is 0 Å². The van der Waals surface area contributed by atoms with Crippen LogP contribution in [0.1, 0.15) is 38.7 Å². The van der Waals surface area contributed by atoms with E-state index in [4.69, 9.17) is 4.74 Å². The van der Waals surface area contributed by atoms with Crippen molar-refractivity contribution in [3.8, 4) is 11.5 Å². The minimum atomic E-state index is 0.145. The summed E-state index contributed by atoms with van der Waals surface area (Å²) in [5, 5.41) is 16.7. The summed E-state index contributed by atoms with van der Waals surface area (Å²) in [6.07, 6.45) is 5.33. The van der Waals surface area contributed by atoms with E-state index in [9.17, 15) is 5.11 Å². The summed E-state index contributed by atoms with van der Waals surface area (Å²) in [5.41, 5.74) is 0.685. The summed E-state index contributed by atoms with van der Waals surface area (Å²) in [6.45, 7) is 4.39. The SMILES string of the molecule is COc1cccc(/C=N/N2[C@H](C)CCC[C@H]2C)c1O. The number of phenols is 1. The van der Waals surface area contributed by atoms with Crippen LogP contribution >= 0.6 is 0 Å². The Kier molecular flexibility index (Phi) is 4.30. The molecule has 0 unspecified atom stereocenters. The average molecular weight is 262 g/mol. The van der Waals surface area contributed by atoms with Crippen molar-refractivity contribution < 1.29 is 9.84 Å². The van der Waals surface area contributed by atoms with Crippen LogP contribution in [0.2, 0.25) is 0 Å². The molecule has 19 heavy (non-hydrogen) atoms. The van der Waals surface area contributed by atoms with E-state index >= 15 is 0 Å². The van der Waals surface area contributed by atoms with Gasteiger partial charge in [-0.15, -0.1) is 0 Å². The van der Waals surface area contributed by atoms with Crippen molar-refractivity contribution in [1.82, 2.24) is 5.01 Å². The molecule has 4 heteroatoms. The largest absolute Gasteiger partial charge is 0.504 e. The van der Waals surface area contributed by atoms with E-state index in [0.29, 0.717) is 23.4 Å². The molecular formula is C15H22N2O2. The second kappa shape index (κ2) is 5.95. The third-order valence-electron chi connectivity index (χ3n) is 3.73. The van der Waals surface area contributed by atoms with Crippen molar-refractivity contribution in [2.75, 3.05) is 7.11 Å². The van der Waals surface area contributed by atoms with E-state index in [-0.39, 0.29) is 5.75 Å². The Hall–Kier alpha value is -1.71. The van der Waals surface area contributed by atoms with Crippen molar-refractivity contribution in [2.24, 2.45) is 5.10 Å². The molecule has 0 radical (unpaired) electrons. The molecule has 0 saturated carbocycles. The molecule has 104 valence electrons. The maximum atomic E-state index is 10.0. The molecule has 0 bridgehead atoms. The molecule has 2 atom stereocenters. The normalized spacial score (nSPS) is 23.8. The van der Waals surface area contributed by atoms with Crippen LogP contribution in [0.15, 0.2) is 23.3 Å². The Morgan fingerprint density at radius 3 is 2.63 bits per heavy atom. The van der Waals surface area contributed by atoms with Crippen LogP contribution in [-0.4, -0.2) is 35.5 Å². The van der Waals surface area contributed by atoms with Gasteiger partial charge < -0.3 is 9.84 Å². The highest BCUT2D eigenvalue weighted by Gasteiger charge is 2.22. The van der Waals surface area contributed by atoms with E-state index in [1.807, 2.05) is 12.1 Å². The number of hydrogen-bond acceptors (Lipinski definition) is 4. The van der Waals surface area contributed by atoms with Gasteiger partial charge in [-0.25, -0.2) is 0 Å². The molecule has 0 spiro atoms. The first kappa shape index (κ1) is 13.7. The van der Waals surface area contributed by atoms with Crippen LogP contribution in [0.4, 0.5) is 0 Å². The van der Waals surface area contributed by atoms with Gasteiger partial charge in [0.05, 0.1) is 13.3 Å². The number of phenolic OH excluding ortho intramolecular Hbond substituents is 1. The lowest BCUT2D eigenvalue weighted by molar-refractivity contribution is 0.109. The second-order valence-corrected chi connectivity index (χ2v) is 5.15. The quantitative estimate of drug-likeness (QED) is 0.852. The Morgan fingerprint density at radius 2 is 2.00 bits per heavy atom. The van der Waals surface area contributed by atoms with Crippen LogP contribution < -0.4 is 4.74 Å². The van der Waals surface area contributed by atoms with E-state index in [0.717, 1.165) is 0 Å². The van der Waals surface area contributed by atoms with Gasteiger partial charge in [-0.2, -0.15) is 5.10 Å². The van der Waals surface area contributed by atoms with Crippen LogP contribution in [0, 0.1) is 0 Å². The summed E-state index contributed by atoms with van der Waals surface area (Å²) in [6, 6.07) is 6.32. The number of hydrogen-bond donors (Lipinski definition) is 1. The number of nitrogens with zero attached hydrogens (tertiary/aromatic N) is 2. The number of hydrazone groups is 1. The summed E-state index contributed by atoms with van der Waals surface area (Å²) in [5.74, 6) is 0.620. The van der Waals surface area contributed by atoms with Crippen LogP contribution in [0.25, 0.3) is 0 Å². The summed E-state index contributed by atoms with van der Waals surface area (Å²) in [7, 11) is 1.55. The second-order valence-electron chi connectivity index (χ2n) is 5.15. The Labute approximate surface area is 114 Å². The summed E-state index contributed by atoms with van der Waals surface area (Å²) in [4.78, 5) is 0. The maximum absolute atomic E-state index is 10.0. The zero-order valence-electron chi connectivity index (χ0n) is 11.8. The lowest BCUT2D eigenvalue weighted by atomic mass is 10.00. The topological polar surface area (TPSA) is 45.1 Å². The van der Waals surface area contributed by atoms with E-state index < -0.39 is 0 Å². The predicted octanol–water partition coefficient (Wildman–Crippen LogP) is 3.00. The molecule has 1 fully saturated rings. The predicted molar refractivity (Wildman–Crippen MR) is 76.9 cm³/mol.